The highest BCUT2D eigenvalue weighted by molar-refractivity contribution is 7.80. The smallest absolute Gasteiger partial charge is 0.255 e. The van der Waals surface area contributed by atoms with E-state index in [2.05, 4.69) is 17.9 Å². The van der Waals surface area contributed by atoms with Gasteiger partial charge in [-0.3, -0.25) is 4.79 Å². The van der Waals surface area contributed by atoms with Crippen LogP contribution < -0.4 is 5.32 Å². The van der Waals surface area contributed by atoms with Gasteiger partial charge in [-0.25, -0.2) is 0 Å². The van der Waals surface area contributed by atoms with Crippen LogP contribution >= 0.6 is 24.2 Å². The molecule has 0 radical (unpaired) electrons. The number of nitrogens with one attached hydrogen (secondary N) is 1. The normalized spacial score (nSPS) is 10.2. The minimum Gasteiger partial charge on any atom is -0.322 e. The standard InChI is InChI=1S/C14H12ClNOS/c1-9-12(15)3-2-4-13(9)16-14(17)10-5-7-11(18)8-6-10/h2-8,18H,1H3,(H,16,17). The summed E-state index contributed by atoms with van der Waals surface area (Å²) in [6.07, 6.45) is 0. The van der Waals surface area contributed by atoms with Gasteiger partial charge in [0.05, 0.1) is 0 Å². The Hall–Kier alpha value is -1.45. The second-order valence-corrected chi connectivity index (χ2v) is 4.84. The monoisotopic (exact) mass is 277 g/mol. The van der Waals surface area contributed by atoms with Crippen molar-refractivity contribution in [3.05, 3.63) is 58.6 Å². The van der Waals surface area contributed by atoms with E-state index >= 15 is 0 Å². The predicted octanol–water partition coefficient (Wildman–Crippen LogP) is 4.19. The van der Waals surface area contributed by atoms with Crippen LogP contribution in [0.5, 0.6) is 0 Å². The molecule has 0 aromatic heterocycles. The summed E-state index contributed by atoms with van der Waals surface area (Å²) in [7, 11) is 0. The molecule has 4 heteroatoms. The maximum Gasteiger partial charge on any atom is 0.255 e. The Balaban J connectivity index is 2.21. The van der Waals surface area contributed by atoms with Crippen LogP contribution in [-0.4, -0.2) is 5.91 Å². The van der Waals surface area contributed by atoms with E-state index in [1.165, 1.54) is 0 Å². The van der Waals surface area contributed by atoms with Gasteiger partial charge in [-0.1, -0.05) is 17.7 Å². The molecule has 2 aromatic rings. The van der Waals surface area contributed by atoms with E-state index in [9.17, 15) is 4.79 Å². The zero-order valence-corrected chi connectivity index (χ0v) is 11.4. The average Bonchev–Trinajstić information content (AvgIpc) is 2.36. The van der Waals surface area contributed by atoms with E-state index in [1.54, 1.807) is 30.3 Å². The highest BCUT2D eigenvalue weighted by Gasteiger charge is 2.08. The summed E-state index contributed by atoms with van der Waals surface area (Å²) in [4.78, 5) is 12.8. The van der Waals surface area contributed by atoms with E-state index < -0.39 is 0 Å². The van der Waals surface area contributed by atoms with Gasteiger partial charge >= 0.3 is 0 Å². The molecule has 2 nitrogen and oxygen atoms in total. The van der Waals surface area contributed by atoms with Crippen molar-refractivity contribution in [3.8, 4) is 0 Å². The van der Waals surface area contributed by atoms with Crippen LogP contribution in [0.4, 0.5) is 5.69 Å². The number of anilines is 1. The molecule has 0 atom stereocenters. The SMILES string of the molecule is Cc1c(Cl)cccc1NC(=O)c1ccc(S)cc1. The molecule has 0 fully saturated rings. The van der Waals surface area contributed by atoms with E-state index in [0.717, 1.165) is 16.1 Å². The molecule has 0 aliphatic heterocycles. The second-order valence-electron chi connectivity index (χ2n) is 3.91. The minimum absolute atomic E-state index is 0.159. The van der Waals surface area contributed by atoms with E-state index in [-0.39, 0.29) is 5.91 Å². The molecular weight excluding hydrogens is 266 g/mol. The molecule has 1 amide bonds. The number of halogens is 1. The Morgan fingerprint density at radius 1 is 1.17 bits per heavy atom. The number of hydrogen-bond donors (Lipinski definition) is 2. The summed E-state index contributed by atoms with van der Waals surface area (Å²) in [6, 6.07) is 12.5. The van der Waals surface area contributed by atoms with Gasteiger partial charge in [0.25, 0.3) is 5.91 Å². The molecule has 0 bridgehead atoms. The fraction of sp³-hybridized carbons (Fsp3) is 0.0714. The minimum atomic E-state index is -0.159. The number of carbonyl (C=O) groups excluding carboxylic acids is 1. The lowest BCUT2D eigenvalue weighted by atomic mass is 10.1. The molecule has 0 aliphatic rings. The number of amides is 1. The molecule has 0 unspecified atom stereocenters. The van der Waals surface area contributed by atoms with Crippen LogP contribution in [0.15, 0.2) is 47.4 Å². The first-order chi connectivity index (χ1) is 8.58. The van der Waals surface area contributed by atoms with Crippen molar-refractivity contribution in [1.29, 1.82) is 0 Å². The lowest BCUT2D eigenvalue weighted by Gasteiger charge is -2.09. The van der Waals surface area contributed by atoms with Gasteiger partial charge in [-0.15, -0.1) is 12.6 Å². The molecular formula is C14H12ClNOS. The predicted molar refractivity (Wildman–Crippen MR) is 77.8 cm³/mol. The average molecular weight is 278 g/mol. The fourth-order valence-electron chi connectivity index (χ4n) is 1.55. The molecule has 2 aromatic carbocycles. The van der Waals surface area contributed by atoms with Crippen LogP contribution in [0.2, 0.25) is 5.02 Å². The maximum absolute atomic E-state index is 12.0. The zero-order valence-electron chi connectivity index (χ0n) is 9.77. The number of rotatable bonds is 2. The first-order valence-corrected chi connectivity index (χ1v) is 6.26. The first kappa shape index (κ1) is 13.0. The van der Waals surface area contributed by atoms with Gasteiger partial charge in [0.1, 0.15) is 0 Å². The lowest BCUT2D eigenvalue weighted by Crippen LogP contribution is -2.12. The molecule has 18 heavy (non-hydrogen) atoms. The summed E-state index contributed by atoms with van der Waals surface area (Å²) >= 11 is 10.2. The third-order valence-electron chi connectivity index (χ3n) is 2.65. The van der Waals surface area contributed by atoms with Crippen molar-refractivity contribution >= 4 is 35.8 Å². The highest BCUT2D eigenvalue weighted by Crippen LogP contribution is 2.23. The molecule has 0 spiro atoms. The van der Waals surface area contributed by atoms with Crippen molar-refractivity contribution in [2.45, 2.75) is 11.8 Å². The molecule has 0 aliphatic carbocycles. The second kappa shape index (κ2) is 5.46. The summed E-state index contributed by atoms with van der Waals surface area (Å²) in [6.45, 7) is 1.87. The molecule has 0 saturated heterocycles. The summed E-state index contributed by atoms with van der Waals surface area (Å²) in [5, 5.41) is 3.48. The molecule has 1 N–H and O–H groups in total. The van der Waals surface area contributed by atoms with Crippen LogP contribution in [0.25, 0.3) is 0 Å². The van der Waals surface area contributed by atoms with Crippen molar-refractivity contribution in [1.82, 2.24) is 0 Å². The van der Waals surface area contributed by atoms with Crippen LogP contribution in [-0.2, 0) is 0 Å². The topological polar surface area (TPSA) is 29.1 Å². The fourth-order valence-corrected chi connectivity index (χ4v) is 1.87. The van der Waals surface area contributed by atoms with Crippen LogP contribution in [0.1, 0.15) is 15.9 Å². The Kier molecular flexibility index (Phi) is 3.94. The number of hydrogen-bond acceptors (Lipinski definition) is 2. The Morgan fingerprint density at radius 3 is 2.50 bits per heavy atom. The quantitative estimate of drug-likeness (QED) is 0.792. The zero-order chi connectivity index (χ0) is 13.1. The summed E-state index contributed by atoms with van der Waals surface area (Å²) in [5.41, 5.74) is 2.17. The van der Waals surface area contributed by atoms with Crippen molar-refractivity contribution < 1.29 is 4.79 Å². The van der Waals surface area contributed by atoms with Gasteiger partial charge in [-0.2, -0.15) is 0 Å². The summed E-state index contributed by atoms with van der Waals surface area (Å²) < 4.78 is 0. The van der Waals surface area contributed by atoms with Gasteiger partial charge in [0, 0.05) is 21.2 Å². The molecule has 0 saturated carbocycles. The van der Waals surface area contributed by atoms with Crippen molar-refractivity contribution in [2.75, 3.05) is 5.32 Å². The maximum atomic E-state index is 12.0. The van der Waals surface area contributed by atoms with Gasteiger partial charge in [-0.05, 0) is 48.9 Å². The largest absolute Gasteiger partial charge is 0.322 e. The van der Waals surface area contributed by atoms with Crippen LogP contribution in [0.3, 0.4) is 0 Å². The molecule has 2 rings (SSSR count). The first-order valence-electron chi connectivity index (χ1n) is 5.43. The molecule has 0 heterocycles. The highest BCUT2D eigenvalue weighted by atomic mass is 35.5. The van der Waals surface area contributed by atoms with Crippen molar-refractivity contribution in [2.24, 2.45) is 0 Å². The molecule has 92 valence electrons. The van der Waals surface area contributed by atoms with Gasteiger partial charge in [0.15, 0.2) is 0 Å². The van der Waals surface area contributed by atoms with Crippen molar-refractivity contribution in [3.63, 3.8) is 0 Å². The Bertz CT molecular complexity index is 581. The van der Waals surface area contributed by atoms with Crippen LogP contribution in [0, 0.1) is 6.92 Å². The number of carbonyl (C=O) groups is 1. The van der Waals surface area contributed by atoms with E-state index in [1.807, 2.05) is 19.1 Å². The Labute approximate surface area is 116 Å². The lowest BCUT2D eigenvalue weighted by molar-refractivity contribution is 0.102. The number of benzene rings is 2. The third kappa shape index (κ3) is 2.86. The Morgan fingerprint density at radius 2 is 1.83 bits per heavy atom. The third-order valence-corrected chi connectivity index (χ3v) is 3.35. The van der Waals surface area contributed by atoms with E-state index in [0.29, 0.717) is 10.6 Å². The van der Waals surface area contributed by atoms with Gasteiger partial charge in [0.2, 0.25) is 0 Å². The number of thiol groups is 1. The van der Waals surface area contributed by atoms with Gasteiger partial charge < -0.3 is 5.32 Å². The van der Waals surface area contributed by atoms with E-state index in [4.69, 9.17) is 11.6 Å². The summed E-state index contributed by atoms with van der Waals surface area (Å²) in [5.74, 6) is -0.159.